The molecule has 136 valence electrons. The molecule has 1 aliphatic rings. The highest BCUT2D eigenvalue weighted by atomic mass is 32.2. The van der Waals surface area contributed by atoms with Gasteiger partial charge in [0.2, 0.25) is 0 Å². The Bertz CT molecular complexity index is 1140. The SMILES string of the molecule is CNc1nc2ccccn2c(=O)c1/C=C1\SC(=S)N(Cc2ccco2)C1=O. The number of carbonyl (C=O) groups is 1. The first-order valence-electron chi connectivity index (χ1n) is 8.05. The number of pyridine rings is 1. The van der Waals surface area contributed by atoms with Gasteiger partial charge in [-0.3, -0.25) is 18.9 Å². The Balaban J connectivity index is 1.75. The summed E-state index contributed by atoms with van der Waals surface area (Å²) in [5, 5.41) is 2.93. The van der Waals surface area contributed by atoms with Crippen molar-refractivity contribution in [3.63, 3.8) is 0 Å². The van der Waals surface area contributed by atoms with Crippen molar-refractivity contribution in [1.82, 2.24) is 14.3 Å². The molecule has 0 saturated carbocycles. The van der Waals surface area contributed by atoms with Gasteiger partial charge in [0.05, 0.1) is 23.3 Å². The van der Waals surface area contributed by atoms with Gasteiger partial charge in [-0.25, -0.2) is 4.98 Å². The first kappa shape index (κ1) is 17.5. The maximum absolute atomic E-state index is 12.9. The third-order valence-corrected chi connectivity index (χ3v) is 5.43. The second-order valence-corrected chi connectivity index (χ2v) is 7.38. The summed E-state index contributed by atoms with van der Waals surface area (Å²) in [6.45, 7) is 0.253. The summed E-state index contributed by atoms with van der Waals surface area (Å²) in [6, 6.07) is 8.84. The van der Waals surface area contributed by atoms with Crippen molar-refractivity contribution in [3.05, 3.63) is 69.4 Å². The number of aromatic nitrogens is 2. The number of rotatable bonds is 4. The molecule has 1 N–H and O–H groups in total. The lowest BCUT2D eigenvalue weighted by Crippen LogP contribution is -2.27. The first-order valence-corrected chi connectivity index (χ1v) is 9.28. The van der Waals surface area contributed by atoms with Gasteiger partial charge in [-0.2, -0.15) is 0 Å². The lowest BCUT2D eigenvalue weighted by molar-refractivity contribution is -0.122. The van der Waals surface area contributed by atoms with E-state index in [0.29, 0.717) is 32.0 Å². The van der Waals surface area contributed by atoms with E-state index in [4.69, 9.17) is 16.6 Å². The third kappa shape index (κ3) is 3.15. The van der Waals surface area contributed by atoms with E-state index in [0.717, 1.165) is 11.8 Å². The fourth-order valence-electron chi connectivity index (χ4n) is 2.75. The summed E-state index contributed by atoms with van der Waals surface area (Å²) in [6.07, 6.45) is 4.73. The molecule has 0 spiro atoms. The van der Waals surface area contributed by atoms with E-state index in [1.165, 1.54) is 9.30 Å². The smallest absolute Gasteiger partial charge is 0.267 e. The van der Waals surface area contributed by atoms with E-state index in [-0.39, 0.29) is 18.0 Å². The fraction of sp³-hybridized carbons (Fsp3) is 0.111. The van der Waals surface area contributed by atoms with Crippen LogP contribution in [-0.2, 0) is 11.3 Å². The van der Waals surface area contributed by atoms with E-state index < -0.39 is 0 Å². The minimum Gasteiger partial charge on any atom is -0.467 e. The standard InChI is InChI=1S/C18H14N4O3S2/c1-19-15-12(16(23)21-7-3-2-6-14(21)20-15)9-13-17(24)22(18(26)27-13)10-11-5-4-8-25-11/h2-9,19H,10H2,1H3/b13-9-. The Morgan fingerprint density at radius 3 is 2.89 bits per heavy atom. The molecule has 3 aromatic heterocycles. The Hall–Kier alpha value is -2.91. The second-order valence-electron chi connectivity index (χ2n) is 5.71. The van der Waals surface area contributed by atoms with Crippen molar-refractivity contribution in [2.75, 3.05) is 12.4 Å². The van der Waals surface area contributed by atoms with E-state index in [9.17, 15) is 9.59 Å². The normalized spacial score (nSPS) is 15.9. The highest BCUT2D eigenvalue weighted by Crippen LogP contribution is 2.34. The van der Waals surface area contributed by atoms with Crippen molar-refractivity contribution in [2.24, 2.45) is 0 Å². The van der Waals surface area contributed by atoms with Gasteiger partial charge in [-0.05, 0) is 30.3 Å². The quantitative estimate of drug-likeness (QED) is 0.535. The van der Waals surface area contributed by atoms with Crippen LogP contribution in [0.2, 0.25) is 0 Å². The zero-order valence-corrected chi connectivity index (χ0v) is 15.8. The lowest BCUT2D eigenvalue weighted by atomic mass is 10.2. The van der Waals surface area contributed by atoms with Gasteiger partial charge in [-0.1, -0.05) is 30.0 Å². The van der Waals surface area contributed by atoms with Crippen molar-refractivity contribution < 1.29 is 9.21 Å². The largest absolute Gasteiger partial charge is 0.467 e. The molecule has 1 saturated heterocycles. The summed E-state index contributed by atoms with van der Waals surface area (Å²) in [5.41, 5.74) is 0.565. The minimum atomic E-state index is -0.263. The summed E-state index contributed by atoms with van der Waals surface area (Å²) >= 11 is 6.48. The van der Waals surface area contributed by atoms with Gasteiger partial charge in [0, 0.05) is 13.2 Å². The summed E-state index contributed by atoms with van der Waals surface area (Å²) in [5.74, 6) is 0.777. The van der Waals surface area contributed by atoms with E-state index >= 15 is 0 Å². The number of thiocarbonyl (C=S) groups is 1. The average Bonchev–Trinajstić information content (AvgIpc) is 3.28. The van der Waals surface area contributed by atoms with E-state index in [1.807, 2.05) is 0 Å². The van der Waals surface area contributed by atoms with Crippen LogP contribution in [0.3, 0.4) is 0 Å². The monoisotopic (exact) mass is 398 g/mol. The molecule has 4 rings (SSSR count). The van der Waals surface area contributed by atoms with Gasteiger partial charge in [0.25, 0.3) is 11.5 Å². The molecule has 1 amide bonds. The molecule has 4 heterocycles. The number of furan rings is 1. The molecule has 0 unspecified atom stereocenters. The molecule has 7 nitrogen and oxygen atoms in total. The Morgan fingerprint density at radius 2 is 2.15 bits per heavy atom. The molecule has 9 heteroatoms. The van der Waals surface area contributed by atoms with Gasteiger partial charge in [0.1, 0.15) is 21.5 Å². The number of fused-ring (bicyclic) bond motifs is 1. The lowest BCUT2D eigenvalue weighted by Gasteiger charge is -2.12. The van der Waals surface area contributed by atoms with Crippen LogP contribution >= 0.6 is 24.0 Å². The van der Waals surface area contributed by atoms with Crippen LogP contribution in [-0.4, -0.2) is 31.6 Å². The summed E-state index contributed by atoms with van der Waals surface area (Å²) < 4.78 is 7.15. The highest BCUT2D eigenvalue weighted by molar-refractivity contribution is 8.26. The number of hydrogen-bond acceptors (Lipinski definition) is 7. The van der Waals surface area contributed by atoms with Crippen LogP contribution in [0.1, 0.15) is 11.3 Å². The highest BCUT2D eigenvalue weighted by Gasteiger charge is 2.33. The van der Waals surface area contributed by atoms with Crippen molar-refractivity contribution >= 4 is 51.7 Å². The van der Waals surface area contributed by atoms with Crippen LogP contribution in [0.4, 0.5) is 5.82 Å². The fourth-order valence-corrected chi connectivity index (χ4v) is 3.99. The summed E-state index contributed by atoms with van der Waals surface area (Å²) in [4.78, 5) is 31.9. The maximum Gasteiger partial charge on any atom is 0.267 e. The Morgan fingerprint density at radius 1 is 1.30 bits per heavy atom. The number of hydrogen-bond donors (Lipinski definition) is 1. The third-order valence-electron chi connectivity index (χ3n) is 4.05. The Labute approximate surface area is 163 Å². The Kier molecular flexibility index (Phi) is 4.54. The van der Waals surface area contributed by atoms with Crippen LogP contribution in [0.5, 0.6) is 0 Å². The molecule has 0 bridgehead atoms. The number of amides is 1. The maximum atomic E-state index is 12.9. The van der Waals surface area contributed by atoms with Gasteiger partial charge in [-0.15, -0.1) is 0 Å². The van der Waals surface area contributed by atoms with Crippen LogP contribution in [0.15, 0.2) is 56.9 Å². The predicted octanol–water partition coefficient (Wildman–Crippen LogP) is 2.73. The van der Waals surface area contributed by atoms with Crippen LogP contribution in [0, 0.1) is 0 Å². The molecule has 27 heavy (non-hydrogen) atoms. The molecule has 0 aliphatic carbocycles. The molecule has 0 atom stereocenters. The van der Waals surface area contributed by atoms with E-state index in [1.54, 1.807) is 55.9 Å². The minimum absolute atomic E-state index is 0.253. The van der Waals surface area contributed by atoms with Crippen molar-refractivity contribution in [2.45, 2.75) is 6.54 Å². The van der Waals surface area contributed by atoms with Crippen molar-refractivity contribution in [1.29, 1.82) is 0 Å². The number of nitrogens with zero attached hydrogens (tertiary/aromatic N) is 3. The first-order chi connectivity index (χ1) is 13.1. The van der Waals surface area contributed by atoms with Gasteiger partial charge >= 0.3 is 0 Å². The number of carbonyl (C=O) groups excluding carboxylic acids is 1. The van der Waals surface area contributed by atoms with E-state index in [2.05, 4.69) is 10.3 Å². The van der Waals surface area contributed by atoms with Crippen LogP contribution < -0.4 is 10.9 Å². The predicted molar refractivity (Wildman–Crippen MR) is 108 cm³/mol. The molecule has 0 radical (unpaired) electrons. The molecular formula is C18H14N4O3S2. The van der Waals surface area contributed by atoms with Gasteiger partial charge in [0.15, 0.2) is 0 Å². The van der Waals surface area contributed by atoms with Crippen LogP contribution in [0.25, 0.3) is 11.7 Å². The second kappa shape index (κ2) is 7.01. The zero-order chi connectivity index (χ0) is 19.0. The molecule has 0 aromatic carbocycles. The van der Waals surface area contributed by atoms with Gasteiger partial charge < -0.3 is 9.73 Å². The molecule has 1 aliphatic heterocycles. The molecule has 3 aromatic rings. The molecular weight excluding hydrogens is 384 g/mol. The number of nitrogens with one attached hydrogen (secondary N) is 1. The van der Waals surface area contributed by atoms with Crippen molar-refractivity contribution in [3.8, 4) is 0 Å². The topological polar surface area (TPSA) is 79.9 Å². The summed E-state index contributed by atoms with van der Waals surface area (Å²) in [7, 11) is 1.68. The number of anilines is 1. The zero-order valence-electron chi connectivity index (χ0n) is 14.2. The molecule has 1 fully saturated rings. The number of thioether (sulfide) groups is 1. The average molecular weight is 398 g/mol.